The lowest BCUT2D eigenvalue weighted by Gasteiger charge is -2.17. The molecule has 0 saturated heterocycles. The van der Waals surface area contributed by atoms with Gasteiger partial charge in [0.25, 0.3) is 5.91 Å². The number of rotatable bonds is 4. The minimum Gasteiger partial charge on any atom is -0.452 e. The van der Waals surface area contributed by atoms with Crippen molar-refractivity contribution in [3.8, 4) is 6.07 Å². The molecule has 6 heteroatoms. The van der Waals surface area contributed by atoms with Crippen LogP contribution in [0.25, 0.3) is 0 Å². The first-order valence-electron chi connectivity index (χ1n) is 8.56. The summed E-state index contributed by atoms with van der Waals surface area (Å²) in [6.45, 7) is 3.70. The molecule has 1 amide bonds. The van der Waals surface area contributed by atoms with E-state index in [0.717, 1.165) is 30.4 Å². The van der Waals surface area contributed by atoms with E-state index in [-0.39, 0.29) is 6.61 Å². The van der Waals surface area contributed by atoms with Crippen LogP contribution in [0, 0.1) is 24.2 Å². The zero-order valence-electron chi connectivity index (χ0n) is 14.8. The molecule has 0 unspecified atom stereocenters. The SMILES string of the molecule is Cc1cccc(C(=O)OCC(=O)Nc2sc3c(c2C#N)CC[C@@H](C)C3)c1. The van der Waals surface area contributed by atoms with E-state index in [4.69, 9.17) is 4.74 Å². The lowest BCUT2D eigenvalue weighted by molar-refractivity contribution is -0.119. The minimum atomic E-state index is -0.538. The van der Waals surface area contributed by atoms with Gasteiger partial charge in [0.2, 0.25) is 0 Å². The normalized spacial score (nSPS) is 15.7. The zero-order chi connectivity index (χ0) is 18.7. The van der Waals surface area contributed by atoms with Gasteiger partial charge < -0.3 is 10.1 Å². The second-order valence-electron chi connectivity index (χ2n) is 6.66. The maximum Gasteiger partial charge on any atom is 0.338 e. The van der Waals surface area contributed by atoms with Crippen molar-refractivity contribution in [1.29, 1.82) is 5.26 Å². The molecule has 0 bridgehead atoms. The van der Waals surface area contributed by atoms with Crippen molar-refractivity contribution >= 4 is 28.2 Å². The number of aryl methyl sites for hydroxylation is 1. The standard InChI is InChI=1S/C20H20N2O3S/c1-12-4-3-5-14(8-12)20(24)25-11-18(23)22-19-16(10-21)15-7-6-13(2)9-17(15)26-19/h3-5,8,13H,6-7,9,11H2,1-2H3,(H,22,23)/t13-/m1/s1. The van der Waals surface area contributed by atoms with Gasteiger partial charge in [0, 0.05) is 4.88 Å². The lowest BCUT2D eigenvalue weighted by atomic mass is 9.89. The first-order valence-corrected chi connectivity index (χ1v) is 9.38. The molecule has 26 heavy (non-hydrogen) atoms. The highest BCUT2D eigenvalue weighted by Gasteiger charge is 2.24. The van der Waals surface area contributed by atoms with Gasteiger partial charge in [-0.2, -0.15) is 5.26 Å². The van der Waals surface area contributed by atoms with Crippen LogP contribution in [0.15, 0.2) is 24.3 Å². The van der Waals surface area contributed by atoms with Crippen LogP contribution in [0.4, 0.5) is 5.00 Å². The number of nitriles is 1. The maximum atomic E-state index is 12.2. The number of hydrogen-bond acceptors (Lipinski definition) is 5. The van der Waals surface area contributed by atoms with Crippen LogP contribution < -0.4 is 5.32 Å². The van der Waals surface area contributed by atoms with Crippen LogP contribution in [0.5, 0.6) is 0 Å². The Bertz CT molecular complexity index is 895. The zero-order valence-corrected chi connectivity index (χ0v) is 15.6. The van der Waals surface area contributed by atoms with Crippen molar-refractivity contribution in [3.63, 3.8) is 0 Å². The van der Waals surface area contributed by atoms with Crippen molar-refractivity contribution < 1.29 is 14.3 Å². The van der Waals surface area contributed by atoms with E-state index >= 15 is 0 Å². The van der Waals surface area contributed by atoms with Gasteiger partial charge >= 0.3 is 5.97 Å². The highest BCUT2D eigenvalue weighted by molar-refractivity contribution is 7.16. The minimum absolute atomic E-state index is 0.378. The number of carbonyl (C=O) groups is 2. The molecule has 1 N–H and O–H groups in total. The van der Waals surface area contributed by atoms with Gasteiger partial charge in [0.1, 0.15) is 11.1 Å². The van der Waals surface area contributed by atoms with Gasteiger partial charge in [-0.1, -0.05) is 24.6 Å². The molecule has 1 atom stereocenters. The molecule has 134 valence electrons. The van der Waals surface area contributed by atoms with Gasteiger partial charge in [-0.05, 0) is 49.8 Å². The summed E-state index contributed by atoms with van der Waals surface area (Å²) < 4.78 is 5.08. The van der Waals surface area contributed by atoms with Crippen LogP contribution in [0.1, 0.15) is 45.3 Å². The summed E-state index contributed by atoms with van der Waals surface area (Å²) in [6.07, 6.45) is 2.86. The number of esters is 1. The molecule has 0 saturated carbocycles. The Balaban J connectivity index is 1.64. The van der Waals surface area contributed by atoms with Crippen LogP contribution in [-0.2, 0) is 22.4 Å². The summed E-state index contributed by atoms with van der Waals surface area (Å²) in [4.78, 5) is 25.4. The average Bonchev–Trinajstić information content (AvgIpc) is 2.95. The molecule has 0 aliphatic heterocycles. The van der Waals surface area contributed by atoms with E-state index in [1.165, 1.54) is 16.2 Å². The number of anilines is 1. The Morgan fingerprint density at radius 3 is 2.96 bits per heavy atom. The number of amides is 1. The van der Waals surface area contributed by atoms with Crippen LogP contribution in [-0.4, -0.2) is 18.5 Å². The maximum absolute atomic E-state index is 12.2. The molecule has 1 aliphatic carbocycles. The number of fused-ring (bicyclic) bond motifs is 1. The van der Waals surface area contributed by atoms with E-state index in [1.807, 2.05) is 13.0 Å². The third kappa shape index (κ3) is 3.94. The highest BCUT2D eigenvalue weighted by Crippen LogP contribution is 2.39. The molecule has 1 aromatic heterocycles. The predicted molar refractivity (Wildman–Crippen MR) is 100 cm³/mol. The molecular weight excluding hydrogens is 348 g/mol. The monoisotopic (exact) mass is 368 g/mol. The van der Waals surface area contributed by atoms with E-state index in [0.29, 0.717) is 22.0 Å². The van der Waals surface area contributed by atoms with Gasteiger partial charge in [0.05, 0.1) is 11.1 Å². The third-order valence-electron chi connectivity index (χ3n) is 4.46. The number of nitrogens with zero attached hydrogens (tertiary/aromatic N) is 1. The van der Waals surface area contributed by atoms with Crippen LogP contribution in [0.2, 0.25) is 0 Å². The second kappa shape index (κ2) is 7.71. The lowest BCUT2D eigenvalue weighted by Crippen LogP contribution is -2.21. The summed E-state index contributed by atoms with van der Waals surface area (Å²) in [5.41, 5.74) is 2.97. The fourth-order valence-corrected chi connectivity index (χ4v) is 4.48. The number of carbonyl (C=O) groups excluding carboxylic acids is 2. The number of thiophene rings is 1. The molecule has 3 rings (SSSR count). The Labute approximate surface area is 156 Å². The molecule has 1 heterocycles. The van der Waals surface area contributed by atoms with Crippen molar-refractivity contribution in [1.82, 2.24) is 0 Å². The van der Waals surface area contributed by atoms with Crippen molar-refractivity contribution in [3.05, 3.63) is 51.4 Å². The Hall–Kier alpha value is -2.65. The molecule has 2 aromatic rings. The first-order chi connectivity index (χ1) is 12.5. The van der Waals surface area contributed by atoms with E-state index in [1.54, 1.807) is 18.2 Å². The van der Waals surface area contributed by atoms with Gasteiger partial charge in [-0.25, -0.2) is 4.79 Å². The Kier molecular flexibility index (Phi) is 5.38. The van der Waals surface area contributed by atoms with E-state index in [9.17, 15) is 14.9 Å². The topological polar surface area (TPSA) is 79.2 Å². The summed E-state index contributed by atoms with van der Waals surface area (Å²) in [7, 11) is 0. The smallest absolute Gasteiger partial charge is 0.338 e. The quantitative estimate of drug-likeness (QED) is 0.832. The Morgan fingerprint density at radius 2 is 2.23 bits per heavy atom. The van der Waals surface area contributed by atoms with Gasteiger partial charge in [-0.15, -0.1) is 11.3 Å². The summed E-state index contributed by atoms with van der Waals surface area (Å²) in [5.74, 6) is -0.385. The van der Waals surface area contributed by atoms with Crippen LogP contribution >= 0.6 is 11.3 Å². The van der Waals surface area contributed by atoms with Crippen molar-refractivity contribution in [2.24, 2.45) is 5.92 Å². The fraction of sp³-hybridized carbons (Fsp3) is 0.350. The van der Waals surface area contributed by atoms with Crippen molar-refractivity contribution in [2.45, 2.75) is 33.1 Å². The molecule has 0 radical (unpaired) electrons. The molecule has 0 fully saturated rings. The molecule has 5 nitrogen and oxygen atoms in total. The summed E-state index contributed by atoms with van der Waals surface area (Å²) in [5, 5.41) is 12.7. The summed E-state index contributed by atoms with van der Waals surface area (Å²) in [6, 6.07) is 9.22. The molecule has 0 spiro atoms. The third-order valence-corrected chi connectivity index (χ3v) is 5.63. The number of ether oxygens (including phenoxy) is 1. The summed E-state index contributed by atoms with van der Waals surface area (Å²) >= 11 is 1.46. The first kappa shape index (κ1) is 18.2. The van der Waals surface area contributed by atoms with Crippen molar-refractivity contribution in [2.75, 3.05) is 11.9 Å². The van der Waals surface area contributed by atoms with Gasteiger partial charge in [0.15, 0.2) is 6.61 Å². The highest BCUT2D eigenvalue weighted by atomic mass is 32.1. The second-order valence-corrected chi connectivity index (χ2v) is 7.77. The number of hydrogen-bond donors (Lipinski definition) is 1. The van der Waals surface area contributed by atoms with Gasteiger partial charge in [-0.3, -0.25) is 4.79 Å². The Morgan fingerprint density at radius 1 is 1.42 bits per heavy atom. The molecule has 1 aromatic carbocycles. The molecule has 1 aliphatic rings. The largest absolute Gasteiger partial charge is 0.452 e. The van der Waals surface area contributed by atoms with E-state index < -0.39 is 11.9 Å². The number of benzene rings is 1. The number of nitrogens with one attached hydrogen (secondary N) is 1. The average molecular weight is 368 g/mol. The molecular formula is C20H20N2O3S. The fourth-order valence-electron chi connectivity index (χ4n) is 3.11. The van der Waals surface area contributed by atoms with Crippen LogP contribution in [0.3, 0.4) is 0 Å². The predicted octanol–water partition coefficient (Wildman–Crippen LogP) is 3.85. The van der Waals surface area contributed by atoms with E-state index in [2.05, 4.69) is 18.3 Å².